The molecule has 0 fully saturated rings. The fourth-order valence-corrected chi connectivity index (χ4v) is 2.30. The van der Waals surface area contributed by atoms with Crippen LogP contribution in [0.5, 0.6) is 0 Å². The van der Waals surface area contributed by atoms with Crippen molar-refractivity contribution in [1.82, 2.24) is 9.55 Å². The van der Waals surface area contributed by atoms with Crippen molar-refractivity contribution in [3.05, 3.63) is 48.3 Å². The second-order valence-electron chi connectivity index (χ2n) is 4.42. The van der Waals surface area contributed by atoms with Crippen LogP contribution in [0, 0.1) is 5.82 Å². The summed E-state index contributed by atoms with van der Waals surface area (Å²) in [5.41, 5.74) is 3.59. The van der Waals surface area contributed by atoms with Crippen LogP contribution in [-0.4, -0.2) is 16.6 Å². The molecule has 1 heterocycles. The lowest BCUT2D eigenvalue weighted by atomic mass is 10.1. The van der Waals surface area contributed by atoms with Crippen molar-refractivity contribution in [2.24, 2.45) is 7.05 Å². The number of hydrogen-bond donors (Lipinski definition) is 1. The highest BCUT2D eigenvalue weighted by atomic mass is 19.1. The minimum absolute atomic E-state index is 0.246. The Labute approximate surface area is 110 Å². The van der Waals surface area contributed by atoms with Gasteiger partial charge in [-0.15, -0.1) is 0 Å². The molecule has 0 saturated heterocycles. The number of anilines is 1. The van der Waals surface area contributed by atoms with E-state index in [1.54, 1.807) is 6.07 Å². The van der Waals surface area contributed by atoms with Gasteiger partial charge >= 0.3 is 0 Å². The van der Waals surface area contributed by atoms with Gasteiger partial charge in [0.15, 0.2) is 0 Å². The average molecular weight is 255 g/mol. The molecule has 0 atom stereocenters. The Balaban J connectivity index is 2.28. The smallest absolute Gasteiger partial charge is 0.142 e. The van der Waals surface area contributed by atoms with Gasteiger partial charge in [0.25, 0.3) is 0 Å². The number of para-hydroxylation sites is 1. The molecule has 0 spiro atoms. The molecule has 0 aliphatic heterocycles. The molecule has 1 aromatic heterocycles. The highest BCUT2D eigenvalue weighted by Crippen LogP contribution is 2.29. The lowest BCUT2D eigenvalue weighted by Crippen LogP contribution is -1.97. The Morgan fingerprint density at radius 3 is 2.74 bits per heavy atom. The fourth-order valence-electron chi connectivity index (χ4n) is 2.30. The number of benzene rings is 2. The molecule has 19 heavy (non-hydrogen) atoms. The summed E-state index contributed by atoms with van der Waals surface area (Å²) in [6, 6.07) is 12.6. The Hall–Kier alpha value is -2.36. The van der Waals surface area contributed by atoms with Crippen LogP contribution in [0.4, 0.5) is 10.1 Å². The van der Waals surface area contributed by atoms with E-state index in [0.717, 1.165) is 28.1 Å². The third-order valence-electron chi connectivity index (χ3n) is 3.28. The SMILES string of the molecule is CNc1ccccc1-c1nc2ccc(F)cc2n1C. The zero-order chi connectivity index (χ0) is 13.4. The van der Waals surface area contributed by atoms with Crippen LogP contribution in [0.15, 0.2) is 42.5 Å². The largest absolute Gasteiger partial charge is 0.388 e. The molecule has 0 unspecified atom stereocenters. The quantitative estimate of drug-likeness (QED) is 0.760. The zero-order valence-corrected chi connectivity index (χ0v) is 10.8. The molecule has 3 aromatic rings. The molecule has 3 nitrogen and oxygen atoms in total. The summed E-state index contributed by atoms with van der Waals surface area (Å²) in [6.45, 7) is 0. The van der Waals surface area contributed by atoms with Crippen molar-refractivity contribution in [3.63, 3.8) is 0 Å². The third-order valence-corrected chi connectivity index (χ3v) is 3.28. The number of nitrogens with one attached hydrogen (secondary N) is 1. The van der Waals surface area contributed by atoms with Gasteiger partial charge in [0.05, 0.1) is 11.0 Å². The molecule has 4 heteroatoms. The van der Waals surface area contributed by atoms with Crippen molar-refractivity contribution >= 4 is 16.7 Å². The minimum Gasteiger partial charge on any atom is -0.388 e. The number of aromatic nitrogens is 2. The van der Waals surface area contributed by atoms with E-state index in [2.05, 4.69) is 10.3 Å². The Morgan fingerprint density at radius 2 is 1.95 bits per heavy atom. The van der Waals surface area contributed by atoms with Gasteiger partial charge in [0, 0.05) is 25.3 Å². The first kappa shape index (κ1) is 11.7. The van der Waals surface area contributed by atoms with Crippen LogP contribution in [0.3, 0.4) is 0 Å². The van der Waals surface area contributed by atoms with Crippen LogP contribution < -0.4 is 5.32 Å². The summed E-state index contributed by atoms with van der Waals surface area (Å²) < 4.78 is 15.2. The van der Waals surface area contributed by atoms with Gasteiger partial charge in [-0.1, -0.05) is 12.1 Å². The Bertz CT molecular complexity index is 746. The summed E-state index contributed by atoms with van der Waals surface area (Å²) >= 11 is 0. The second kappa shape index (κ2) is 4.39. The second-order valence-corrected chi connectivity index (χ2v) is 4.42. The van der Waals surface area contributed by atoms with Crippen molar-refractivity contribution in [2.45, 2.75) is 0 Å². The molecule has 3 rings (SSSR count). The molecular weight excluding hydrogens is 241 g/mol. The highest BCUT2D eigenvalue weighted by molar-refractivity contribution is 5.84. The van der Waals surface area contributed by atoms with E-state index >= 15 is 0 Å². The summed E-state index contributed by atoms with van der Waals surface area (Å²) in [5, 5.41) is 3.15. The van der Waals surface area contributed by atoms with Gasteiger partial charge in [-0.3, -0.25) is 0 Å². The lowest BCUT2D eigenvalue weighted by Gasteiger charge is -2.08. The number of hydrogen-bond acceptors (Lipinski definition) is 2. The number of fused-ring (bicyclic) bond motifs is 1. The normalized spacial score (nSPS) is 10.9. The Morgan fingerprint density at radius 1 is 1.16 bits per heavy atom. The van der Waals surface area contributed by atoms with Crippen LogP contribution in [-0.2, 0) is 7.05 Å². The summed E-state index contributed by atoms with van der Waals surface area (Å²) in [4.78, 5) is 4.59. The van der Waals surface area contributed by atoms with Crippen LogP contribution in [0.1, 0.15) is 0 Å². The van der Waals surface area contributed by atoms with Crippen molar-refractivity contribution < 1.29 is 4.39 Å². The summed E-state index contributed by atoms with van der Waals surface area (Å²) in [6.07, 6.45) is 0. The van der Waals surface area contributed by atoms with E-state index in [4.69, 9.17) is 0 Å². The standard InChI is InChI=1S/C15H14FN3/c1-17-12-6-4-3-5-11(12)15-18-13-8-7-10(16)9-14(13)19(15)2/h3-9,17H,1-2H3. The Kier molecular flexibility index (Phi) is 2.71. The van der Waals surface area contributed by atoms with E-state index < -0.39 is 0 Å². The molecule has 2 aromatic carbocycles. The van der Waals surface area contributed by atoms with Gasteiger partial charge in [-0.25, -0.2) is 9.37 Å². The molecule has 0 radical (unpaired) electrons. The number of imidazole rings is 1. The molecule has 1 N–H and O–H groups in total. The maximum atomic E-state index is 13.3. The summed E-state index contributed by atoms with van der Waals surface area (Å²) in [5.74, 6) is 0.578. The zero-order valence-electron chi connectivity index (χ0n) is 10.8. The number of nitrogens with zero attached hydrogens (tertiary/aromatic N) is 2. The first-order chi connectivity index (χ1) is 9.20. The predicted molar refractivity (Wildman–Crippen MR) is 75.7 cm³/mol. The van der Waals surface area contributed by atoms with Gasteiger partial charge in [0.2, 0.25) is 0 Å². The number of aryl methyl sites for hydroxylation is 1. The van der Waals surface area contributed by atoms with Gasteiger partial charge in [-0.05, 0) is 30.3 Å². The maximum Gasteiger partial charge on any atom is 0.142 e. The van der Waals surface area contributed by atoms with Crippen molar-refractivity contribution in [1.29, 1.82) is 0 Å². The van der Waals surface area contributed by atoms with Crippen LogP contribution in [0.25, 0.3) is 22.4 Å². The first-order valence-corrected chi connectivity index (χ1v) is 6.10. The van der Waals surface area contributed by atoms with Gasteiger partial charge < -0.3 is 9.88 Å². The van der Waals surface area contributed by atoms with E-state index in [-0.39, 0.29) is 5.82 Å². The van der Waals surface area contributed by atoms with Crippen molar-refractivity contribution in [2.75, 3.05) is 12.4 Å². The molecule has 0 amide bonds. The predicted octanol–water partition coefficient (Wildman–Crippen LogP) is 3.42. The number of rotatable bonds is 2. The first-order valence-electron chi connectivity index (χ1n) is 6.10. The van der Waals surface area contributed by atoms with E-state index in [0.29, 0.717) is 0 Å². The lowest BCUT2D eigenvalue weighted by molar-refractivity contribution is 0.629. The van der Waals surface area contributed by atoms with E-state index in [1.807, 2.05) is 42.9 Å². The molecule has 0 aliphatic rings. The molecule has 0 bridgehead atoms. The monoisotopic (exact) mass is 255 g/mol. The van der Waals surface area contributed by atoms with Crippen LogP contribution >= 0.6 is 0 Å². The topological polar surface area (TPSA) is 29.9 Å². The van der Waals surface area contributed by atoms with E-state index in [9.17, 15) is 4.39 Å². The molecular formula is C15H14FN3. The fraction of sp³-hybridized carbons (Fsp3) is 0.133. The number of halogens is 1. The molecule has 0 aliphatic carbocycles. The van der Waals surface area contributed by atoms with E-state index in [1.165, 1.54) is 12.1 Å². The highest BCUT2D eigenvalue weighted by Gasteiger charge is 2.12. The van der Waals surface area contributed by atoms with Gasteiger partial charge in [0.1, 0.15) is 11.6 Å². The maximum absolute atomic E-state index is 13.3. The van der Waals surface area contributed by atoms with Gasteiger partial charge in [-0.2, -0.15) is 0 Å². The summed E-state index contributed by atoms with van der Waals surface area (Å²) in [7, 11) is 3.78. The van der Waals surface area contributed by atoms with Crippen molar-refractivity contribution in [3.8, 4) is 11.4 Å². The minimum atomic E-state index is -0.246. The molecule has 0 saturated carbocycles. The third kappa shape index (κ3) is 1.85. The molecule has 96 valence electrons. The van der Waals surface area contributed by atoms with Crippen LogP contribution in [0.2, 0.25) is 0 Å². The average Bonchev–Trinajstić information content (AvgIpc) is 2.76.